The second kappa shape index (κ2) is 6.33. The highest BCUT2D eigenvalue weighted by molar-refractivity contribution is 5.76. The maximum atomic E-state index is 11.5. The maximum absolute atomic E-state index is 11.5. The Kier molecular flexibility index (Phi) is 4.52. The number of nitro groups is 1. The maximum Gasteiger partial charge on any atom is 0.270 e. The van der Waals surface area contributed by atoms with Crippen LogP contribution < -0.4 is 10.1 Å². The monoisotopic (exact) mass is 280 g/mol. The van der Waals surface area contributed by atoms with Gasteiger partial charge in [-0.05, 0) is 18.9 Å². The summed E-state index contributed by atoms with van der Waals surface area (Å²) in [5.41, 5.74) is 0.231. The lowest BCUT2D eigenvalue weighted by Crippen LogP contribution is -2.26. The number of aliphatic hydroxyl groups excluding tert-OH is 1. The molecule has 0 atom stereocenters. The van der Waals surface area contributed by atoms with Crippen molar-refractivity contribution < 1.29 is 19.6 Å². The first-order valence-corrected chi connectivity index (χ1v) is 6.40. The van der Waals surface area contributed by atoms with E-state index in [0.29, 0.717) is 17.4 Å². The first kappa shape index (κ1) is 14.3. The van der Waals surface area contributed by atoms with Gasteiger partial charge in [-0.1, -0.05) is 0 Å². The Labute approximate surface area is 115 Å². The van der Waals surface area contributed by atoms with Gasteiger partial charge in [0.15, 0.2) is 0 Å². The van der Waals surface area contributed by atoms with Crippen molar-refractivity contribution in [2.45, 2.75) is 31.9 Å². The van der Waals surface area contributed by atoms with E-state index in [4.69, 9.17) is 4.74 Å². The minimum absolute atomic E-state index is 0.0695. The van der Waals surface area contributed by atoms with Crippen LogP contribution in [-0.4, -0.2) is 28.6 Å². The largest absolute Gasteiger partial charge is 0.493 e. The van der Waals surface area contributed by atoms with Crippen molar-refractivity contribution in [3.63, 3.8) is 0 Å². The molecule has 1 aliphatic rings. The molecule has 1 saturated carbocycles. The zero-order valence-corrected chi connectivity index (χ0v) is 10.9. The summed E-state index contributed by atoms with van der Waals surface area (Å²) in [6.45, 7) is -0.186. The van der Waals surface area contributed by atoms with E-state index in [1.54, 1.807) is 0 Å². The van der Waals surface area contributed by atoms with E-state index < -0.39 is 4.92 Å². The molecule has 1 aromatic rings. The van der Waals surface area contributed by atoms with Gasteiger partial charge in [0.2, 0.25) is 5.91 Å². The van der Waals surface area contributed by atoms with E-state index in [1.165, 1.54) is 18.2 Å². The SMILES string of the molecule is O=C(CCOc1ccc([N+](=O)[O-])cc1CO)NC1CC1. The molecule has 1 amide bonds. The summed E-state index contributed by atoms with van der Waals surface area (Å²) in [5.74, 6) is 0.289. The van der Waals surface area contributed by atoms with Gasteiger partial charge in [0.25, 0.3) is 5.69 Å². The third kappa shape index (κ3) is 3.92. The first-order valence-electron chi connectivity index (χ1n) is 6.40. The van der Waals surface area contributed by atoms with Gasteiger partial charge in [0.05, 0.1) is 24.6 Å². The van der Waals surface area contributed by atoms with E-state index >= 15 is 0 Å². The highest BCUT2D eigenvalue weighted by Gasteiger charge is 2.22. The molecule has 0 aromatic heterocycles. The molecule has 7 heteroatoms. The number of ether oxygens (including phenoxy) is 1. The number of hydrogen-bond donors (Lipinski definition) is 2. The lowest BCUT2D eigenvalue weighted by molar-refractivity contribution is -0.385. The van der Waals surface area contributed by atoms with Crippen LogP contribution in [0.5, 0.6) is 5.75 Å². The summed E-state index contributed by atoms with van der Waals surface area (Å²) in [5, 5.41) is 22.6. The van der Waals surface area contributed by atoms with E-state index in [2.05, 4.69) is 5.32 Å². The van der Waals surface area contributed by atoms with Crippen LogP contribution >= 0.6 is 0 Å². The molecule has 1 aromatic carbocycles. The zero-order chi connectivity index (χ0) is 14.5. The van der Waals surface area contributed by atoms with Gasteiger partial charge in [-0.3, -0.25) is 14.9 Å². The molecule has 108 valence electrons. The van der Waals surface area contributed by atoms with Crippen molar-refractivity contribution >= 4 is 11.6 Å². The molecule has 2 N–H and O–H groups in total. The Balaban J connectivity index is 1.87. The quantitative estimate of drug-likeness (QED) is 0.576. The fourth-order valence-corrected chi connectivity index (χ4v) is 1.72. The molecule has 0 spiro atoms. The van der Waals surface area contributed by atoms with Crippen LogP contribution in [0.2, 0.25) is 0 Å². The van der Waals surface area contributed by atoms with Crippen LogP contribution in [0.25, 0.3) is 0 Å². The molecular formula is C13H16N2O5. The Morgan fingerprint density at radius 1 is 1.50 bits per heavy atom. The number of benzene rings is 1. The number of carbonyl (C=O) groups excluding carboxylic acids is 1. The molecule has 1 aliphatic carbocycles. The van der Waals surface area contributed by atoms with Crippen LogP contribution in [-0.2, 0) is 11.4 Å². The molecule has 0 bridgehead atoms. The highest BCUT2D eigenvalue weighted by atomic mass is 16.6. The number of nitro benzene ring substituents is 1. The predicted molar refractivity (Wildman–Crippen MR) is 70.3 cm³/mol. The lowest BCUT2D eigenvalue weighted by Gasteiger charge is -2.10. The van der Waals surface area contributed by atoms with Crippen LogP contribution in [0.3, 0.4) is 0 Å². The van der Waals surface area contributed by atoms with E-state index in [-0.39, 0.29) is 31.2 Å². The molecule has 2 rings (SSSR count). The third-order valence-electron chi connectivity index (χ3n) is 2.95. The average molecular weight is 280 g/mol. The minimum Gasteiger partial charge on any atom is -0.493 e. The minimum atomic E-state index is -0.536. The Hall–Kier alpha value is -2.15. The Bertz CT molecular complexity index is 513. The molecule has 0 saturated heterocycles. The Morgan fingerprint density at radius 2 is 2.25 bits per heavy atom. The average Bonchev–Trinajstić information content (AvgIpc) is 3.22. The van der Waals surface area contributed by atoms with E-state index in [9.17, 15) is 20.0 Å². The molecule has 20 heavy (non-hydrogen) atoms. The molecule has 7 nitrogen and oxygen atoms in total. The predicted octanol–water partition coefficient (Wildman–Crippen LogP) is 1.13. The normalized spacial score (nSPS) is 13.8. The van der Waals surface area contributed by atoms with Gasteiger partial charge in [-0.25, -0.2) is 0 Å². The third-order valence-corrected chi connectivity index (χ3v) is 2.95. The van der Waals surface area contributed by atoms with Crippen LogP contribution in [0.1, 0.15) is 24.8 Å². The number of nitrogens with one attached hydrogen (secondary N) is 1. The molecule has 1 fully saturated rings. The standard InChI is InChI=1S/C13H16N2O5/c16-8-9-7-11(15(18)19)3-4-12(9)20-6-5-13(17)14-10-1-2-10/h3-4,7,10,16H,1-2,5-6,8H2,(H,14,17). The van der Waals surface area contributed by atoms with Crippen LogP contribution in [0.15, 0.2) is 18.2 Å². The lowest BCUT2D eigenvalue weighted by atomic mass is 10.2. The van der Waals surface area contributed by atoms with Gasteiger partial charge in [0.1, 0.15) is 5.75 Å². The van der Waals surface area contributed by atoms with Crippen LogP contribution in [0.4, 0.5) is 5.69 Å². The number of hydrogen-bond acceptors (Lipinski definition) is 5. The van der Waals surface area contributed by atoms with E-state index in [1.807, 2.05) is 0 Å². The number of non-ortho nitro benzene ring substituents is 1. The topological polar surface area (TPSA) is 102 Å². The van der Waals surface area contributed by atoms with Crippen molar-refractivity contribution in [1.29, 1.82) is 0 Å². The fourth-order valence-electron chi connectivity index (χ4n) is 1.72. The molecule has 0 radical (unpaired) electrons. The zero-order valence-electron chi connectivity index (χ0n) is 10.9. The number of amides is 1. The summed E-state index contributed by atoms with van der Waals surface area (Å²) >= 11 is 0. The summed E-state index contributed by atoms with van der Waals surface area (Å²) in [7, 11) is 0. The number of aliphatic hydroxyl groups is 1. The van der Waals surface area contributed by atoms with Crippen molar-refractivity contribution in [2.24, 2.45) is 0 Å². The molecule has 0 aliphatic heterocycles. The summed E-state index contributed by atoms with van der Waals surface area (Å²) < 4.78 is 5.39. The Morgan fingerprint density at radius 3 is 2.85 bits per heavy atom. The van der Waals surface area contributed by atoms with Crippen molar-refractivity contribution in [2.75, 3.05) is 6.61 Å². The van der Waals surface area contributed by atoms with Crippen molar-refractivity contribution in [3.05, 3.63) is 33.9 Å². The smallest absolute Gasteiger partial charge is 0.270 e. The van der Waals surface area contributed by atoms with Crippen LogP contribution in [0, 0.1) is 10.1 Å². The van der Waals surface area contributed by atoms with Gasteiger partial charge in [0, 0.05) is 23.7 Å². The van der Waals surface area contributed by atoms with Crippen molar-refractivity contribution in [3.8, 4) is 5.75 Å². The van der Waals surface area contributed by atoms with E-state index in [0.717, 1.165) is 12.8 Å². The number of rotatable bonds is 7. The van der Waals surface area contributed by atoms with Gasteiger partial charge in [-0.2, -0.15) is 0 Å². The fraction of sp³-hybridized carbons (Fsp3) is 0.462. The van der Waals surface area contributed by atoms with Gasteiger partial charge in [-0.15, -0.1) is 0 Å². The molecule has 0 heterocycles. The number of carbonyl (C=O) groups is 1. The summed E-state index contributed by atoms with van der Waals surface area (Å²) in [4.78, 5) is 21.5. The highest BCUT2D eigenvalue weighted by Crippen LogP contribution is 2.24. The number of nitrogens with zero attached hydrogens (tertiary/aromatic N) is 1. The second-order valence-electron chi connectivity index (χ2n) is 4.65. The first-order chi connectivity index (χ1) is 9.60. The summed E-state index contributed by atoms with van der Waals surface area (Å²) in [6.07, 6.45) is 2.28. The van der Waals surface area contributed by atoms with Crippen molar-refractivity contribution in [1.82, 2.24) is 5.32 Å². The summed E-state index contributed by atoms with van der Waals surface area (Å²) in [6, 6.07) is 4.32. The van der Waals surface area contributed by atoms with Gasteiger partial charge < -0.3 is 15.2 Å². The van der Waals surface area contributed by atoms with Gasteiger partial charge >= 0.3 is 0 Å². The second-order valence-corrected chi connectivity index (χ2v) is 4.65. The molecular weight excluding hydrogens is 264 g/mol. The molecule has 0 unspecified atom stereocenters.